The summed E-state index contributed by atoms with van der Waals surface area (Å²) in [5.41, 5.74) is -3.73. The van der Waals surface area contributed by atoms with E-state index in [1.54, 1.807) is 0 Å². The highest BCUT2D eigenvalue weighted by atomic mass is 32.3. The maximum Gasteiger partial charge on any atom is 0.312 e. The zero-order chi connectivity index (χ0) is 16.5. The molecule has 0 aromatic heterocycles. The van der Waals surface area contributed by atoms with E-state index in [0.717, 1.165) is 0 Å². The topological polar surface area (TPSA) is 143 Å². The van der Waals surface area contributed by atoms with Gasteiger partial charge in [0.2, 0.25) is 0 Å². The smallest absolute Gasteiger partial charge is 0.312 e. The molecule has 8 nitrogen and oxygen atoms in total. The van der Waals surface area contributed by atoms with Crippen molar-refractivity contribution in [2.24, 2.45) is 10.8 Å². The summed E-state index contributed by atoms with van der Waals surface area (Å²) in [6.07, 6.45) is -0.190. The molecule has 2 unspecified atom stereocenters. The second-order valence-corrected chi connectivity index (χ2v) is 10.9. The zero-order valence-electron chi connectivity index (χ0n) is 11.5. The van der Waals surface area contributed by atoms with Crippen LogP contribution in [-0.4, -0.2) is 55.6 Å². The lowest BCUT2D eigenvalue weighted by atomic mass is 9.81. The molecule has 2 aliphatic rings. The zero-order valence-corrected chi connectivity index (χ0v) is 13.1. The van der Waals surface area contributed by atoms with E-state index in [-0.39, 0.29) is 12.8 Å². The van der Waals surface area contributed by atoms with Gasteiger partial charge in [0.25, 0.3) is 0 Å². The first kappa shape index (κ1) is 16.2. The first-order valence-corrected chi connectivity index (χ1v) is 9.90. The van der Waals surface area contributed by atoms with Crippen LogP contribution in [0, 0.1) is 10.8 Å². The van der Waals surface area contributed by atoms with Crippen LogP contribution in [0.5, 0.6) is 0 Å². The summed E-state index contributed by atoms with van der Waals surface area (Å²) in [5.74, 6) is -2.92. The standard InChI is InChI=1S/C11H16O8S2/c1-20(16,17)11(21(2,18)19)6-9(7(12)13)3-4-10(11,5-9)8(14)15/h3-6H2,1-2H3,(H,12,13)(H,14,15). The number of carboxylic acid groups (broad SMARTS) is 2. The van der Waals surface area contributed by atoms with Crippen molar-refractivity contribution in [3.8, 4) is 0 Å². The molecule has 0 radical (unpaired) electrons. The third-order valence-corrected chi connectivity index (χ3v) is 10.3. The number of hydrogen-bond donors (Lipinski definition) is 2. The van der Waals surface area contributed by atoms with Crippen molar-refractivity contribution in [3.05, 3.63) is 0 Å². The number of fused-ring (bicyclic) bond motifs is 2. The molecule has 2 rings (SSSR count). The Morgan fingerprint density at radius 1 is 0.857 bits per heavy atom. The van der Waals surface area contributed by atoms with Crippen molar-refractivity contribution in [1.82, 2.24) is 0 Å². The van der Waals surface area contributed by atoms with Crippen molar-refractivity contribution >= 4 is 31.6 Å². The number of hydrogen-bond acceptors (Lipinski definition) is 6. The third kappa shape index (κ3) is 1.65. The van der Waals surface area contributed by atoms with E-state index in [9.17, 15) is 36.6 Å². The van der Waals surface area contributed by atoms with Crippen molar-refractivity contribution in [2.45, 2.75) is 29.8 Å². The van der Waals surface area contributed by atoms with Crippen LogP contribution in [0.25, 0.3) is 0 Å². The Morgan fingerprint density at radius 3 is 1.62 bits per heavy atom. The predicted octanol–water partition coefficient (Wildman–Crippen LogP) is -0.498. The molecule has 2 saturated carbocycles. The number of rotatable bonds is 4. The van der Waals surface area contributed by atoms with E-state index in [1.165, 1.54) is 0 Å². The van der Waals surface area contributed by atoms with Crippen molar-refractivity contribution < 1.29 is 36.6 Å². The summed E-state index contributed by atoms with van der Waals surface area (Å²) in [4.78, 5) is 23.2. The Morgan fingerprint density at radius 2 is 1.33 bits per heavy atom. The first-order valence-electron chi connectivity index (χ1n) is 6.12. The molecule has 0 amide bonds. The Kier molecular flexibility index (Phi) is 3.07. The molecule has 10 heteroatoms. The van der Waals surface area contributed by atoms with Crippen LogP contribution >= 0.6 is 0 Å². The van der Waals surface area contributed by atoms with Crippen LogP contribution in [0.2, 0.25) is 0 Å². The van der Waals surface area contributed by atoms with Gasteiger partial charge in [0.15, 0.2) is 23.8 Å². The monoisotopic (exact) mass is 340 g/mol. The van der Waals surface area contributed by atoms with E-state index in [2.05, 4.69) is 0 Å². The molecule has 0 saturated heterocycles. The minimum atomic E-state index is -4.36. The first-order chi connectivity index (χ1) is 9.26. The van der Waals surface area contributed by atoms with Gasteiger partial charge in [-0.25, -0.2) is 16.8 Å². The predicted molar refractivity (Wildman–Crippen MR) is 71.0 cm³/mol. The quantitative estimate of drug-likeness (QED) is 0.697. The summed E-state index contributed by atoms with van der Waals surface area (Å²) >= 11 is 0. The van der Waals surface area contributed by atoms with Crippen LogP contribution < -0.4 is 0 Å². The van der Waals surface area contributed by atoms with Crippen molar-refractivity contribution in [2.75, 3.05) is 12.5 Å². The molecule has 2 bridgehead atoms. The van der Waals surface area contributed by atoms with Crippen LogP contribution in [-0.2, 0) is 29.3 Å². The van der Waals surface area contributed by atoms with Crippen LogP contribution in [0.3, 0.4) is 0 Å². The maximum absolute atomic E-state index is 12.2. The highest BCUT2D eigenvalue weighted by molar-refractivity contribution is 8.09. The van der Waals surface area contributed by atoms with E-state index >= 15 is 0 Å². The fraction of sp³-hybridized carbons (Fsp3) is 0.818. The molecule has 0 spiro atoms. The van der Waals surface area contributed by atoms with Crippen LogP contribution in [0.1, 0.15) is 25.7 Å². The second-order valence-electron chi connectivity index (χ2n) is 6.12. The number of carboxylic acids is 2. The molecular formula is C11H16O8S2. The van der Waals surface area contributed by atoms with Crippen molar-refractivity contribution in [1.29, 1.82) is 0 Å². The summed E-state index contributed by atoms with van der Waals surface area (Å²) in [6, 6.07) is 0. The molecule has 0 aromatic carbocycles. The van der Waals surface area contributed by atoms with Gasteiger partial charge < -0.3 is 10.2 Å². The number of carbonyl (C=O) groups is 2. The molecule has 0 heterocycles. The fourth-order valence-corrected chi connectivity index (χ4v) is 9.37. The minimum absolute atomic E-state index is 0.0403. The van der Waals surface area contributed by atoms with Gasteiger partial charge in [-0.05, 0) is 25.7 Å². The molecule has 0 aliphatic heterocycles. The lowest BCUT2D eigenvalue weighted by Gasteiger charge is -2.41. The molecule has 2 aliphatic carbocycles. The molecule has 21 heavy (non-hydrogen) atoms. The number of sulfone groups is 2. The van der Waals surface area contributed by atoms with E-state index in [1.807, 2.05) is 0 Å². The average molecular weight is 340 g/mol. The van der Waals surface area contributed by atoms with Crippen LogP contribution in [0.15, 0.2) is 0 Å². The van der Waals surface area contributed by atoms with Gasteiger partial charge in [-0.2, -0.15) is 0 Å². The van der Waals surface area contributed by atoms with Gasteiger partial charge in [0.05, 0.1) is 5.41 Å². The SMILES string of the molecule is CS(=O)(=O)C1(S(C)(=O)=O)CC2(C(=O)O)CCC1(C(=O)O)C2. The van der Waals surface area contributed by atoms with Gasteiger partial charge >= 0.3 is 11.9 Å². The summed E-state index contributed by atoms with van der Waals surface area (Å²) in [6.45, 7) is 0. The molecule has 2 fully saturated rings. The van der Waals surface area contributed by atoms with Crippen LogP contribution in [0.4, 0.5) is 0 Å². The lowest BCUT2D eigenvalue weighted by molar-refractivity contribution is -0.148. The Hall–Kier alpha value is -1.16. The van der Waals surface area contributed by atoms with E-state index in [0.29, 0.717) is 12.5 Å². The summed E-state index contributed by atoms with van der Waals surface area (Å²) < 4.78 is 46.3. The fourth-order valence-electron chi connectivity index (χ4n) is 4.15. The maximum atomic E-state index is 12.2. The minimum Gasteiger partial charge on any atom is -0.481 e. The van der Waals surface area contributed by atoms with Gasteiger partial charge in [0, 0.05) is 12.5 Å². The average Bonchev–Trinajstić information content (AvgIpc) is 2.80. The van der Waals surface area contributed by atoms with Gasteiger partial charge in [-0.3, -0.25) is 9.59 Å². The third-order valence-electron chi connectivity index (χ3n) is 5.03. The largest absolute Gasteiger partial charge is 0.481 e. The normalized spacial score (nSPS) is 34.8. The summed E-state index contributed by atoms with van der Waals surface area (Å²) in [7, 11) is -8.72. The molecule has 0 aromatic rings. The van der Waals surface area contributed by atoms with E-state index in [4.69, 9.17) is 0 Å². The molecule has 120 valence electrons. The van der Waals surface area contributed by atoms with Crippen molar-refractivity contribution in [3.63, 3.8) is 0 Å². The number of aliphatic carboxylic acids is 2. The van der Waals surface area contributed by atoms with Gasteiger partial charge in [-0.15, -0.1) is 0 Å². The highest BCUT2D eigenvalue weighted by Crippen LogP contribution is 2.70. The molecular weight excluding hydrogens is 324 g/mol. The highest BCUT2D eigenvalue weighted by Gasteiger charge is 2.81. The van der Waals surface area contributed by atoms with Gasteiger partial charge in [-0.1, -0.05) is 0 Å². The van der Waals surface area contributed by atoms with E-state index < -0.39 is 59.4 Å². The summed E-state index contributed by atoms with van der Waals surface area (Å²) in [5, 5.41) is 18.9. The Balaban J connectivity index is 2.90. The Bertz CT molecular complexity index is 702. The second kappa shape index (κ2) is 3.97. The molecule has 2 atom stereocenters. The Labute approximate surface area is 122 Å². The van der Waals surface area contributed by atoms with Gasteiger partial charge in [0.1, 0.15) is 5.41 Å². The molecule has 2 N–H and O–H groups in total. The lowest BCUT2D eigenvalue weighted by Crippen LogP contribution is -2.59.